The van der Waals surface area contributed by atoms with Crippen molar-refractivity contribution in [2.75, 3.05) is 18.0 Å². The molecule has 0 aliphatic rings. The molecule has 0 saturated carbocycles. The molecule has 138 valence electrons. The summed E-state index contributed by atoms with van der Waals surface area (Å²) in [5.74, 6) is 0.712. The molecule has 0 aliphatic carbocycles. The molecule has 4 heteroatoms. The first-order valence-corrected chi connectivity index (χ1v) is 10.4. The summed E-state index contributed by atoms with van der Waals surface area (Å²) in [6.07, 6.45) is 8.38. The molecular formula is C20H36N2OS. The van der Waals surface area contributed by atoms with Crippen LogP contribution in [0.4, 0.5) is 5.13 Å². The van der Waals surface area contributed by atoms with E-state index in [-0.39, 0.29) is 5.41 Å². The summed E-state index contributed by atoms with van der Waals surface area (Å²) in [5.41, 5.74) is 0.856. The highest BCUT2D eigenvalue weighted by atomic mass is 32.1. The van der Waals surface area contributed by atoms with Gasteiger partial charge in [0.15, 0.2) is 11.4 Å². The molecule has 1 aromatic heterocycles. The van der Waals surface area contributed by atoms with Crippen LogP contribution in [0.2, 0.25) is 0 Å². The summed E-state index contributed by atoms with van der Waals surface area (Å²) >= 11 is 1.57. The van der Waals surface area contributed by atoms with E-state index in [0.29, 0.717) is 5.92 Å². The first kappa shape index (κ1) is 21.1. The average molecular weight is 353 g/mol. The minimum Gasteiger partial charge on any atom is -0.348 e. The van der Waals surface area contributed by atoms with Crippen LogP contribution >= 0.6 is 11.3 Å². The topological polar surface area (TPSA) is 33.2 Å². The fourth-order valence-electron chi connectivity index (χ4n) is 2.92. The highest BCUT2D eigenvalue weighted by Gasteiger charge is 2.25. The summed E-state index contributed by atoms with van der Waals surface area (Å²) in [4.78, 5) is 19.6. The number of carbonyl (C=O) groups is 1. The van der Waals surface area contributed by atoms with Crippen molar-refractivity contribution in [1.29, 1.82) is 0 Å². The van der Waals surface area contributed by atoms with Crippen LogP contribution in [0.1, 0.15) is 95.4 Å². The average Bonchev–Trinajstić information content (AvgIpc) is 2.99. The van der Waals surface area contributed by atoms with Crippen molar-refractivity contribution in [2.45, 2.75) is 85.5 Å². The molecule has 0 fully saturated rings. The van der Waals surface area contributed by atoms with E-state index in [1.807, 2.05) is 0 Å². The van der Waals surface area contributed by atoms with E-state index in [1.165, 1.54) is 38.5 Å². The lowest BCUT2D eigenvalue weighted by atomic mass is 9.91. The molecule has 1 heterocycles. The second kappa shape index (κ2) is 10.2. The molecule has 1 atom stereocenters. The van der Waals surface area contributed by atoms with Gasteiger partial charge in [0.05, 0.1) is 10.6 Å². The van der Waals surface area contributed by atoms with E-state index < -0.39 is 0 Å². The molecule has 0 spiro atoms. The third kappa shape index (κ3) is 6.19. The van der Waals surface area contributed by atoms with E-state index in [0.717, 1.165) is 35.1 Å². The second-order valence-corrected chi connectivity index (χ2v) is 8.80. The molecule has 24 heavy (non-hydrogen) atoms. The second-order valence-electron chi connectivity index (χ2n) is 7.79. The Morgan fingerprint density at radius 1 is 1.17 bits per heavy atom. The van der Waals surface area contributed by atoms with Crippen LogP contribution in [-0.2, 0) is 5.41 Å². The molecule has 0 N–H and O–H groups in total. The Labute approximate surface area is 152 Å². The van der Waals surface area contributed by atoms with E-state index in [2.05, 4.69) is 46.4 Å². The minimum absolute atomic E-state index is 0.0895. The van der Waals surface area contributed by atoms with Crippen molar-refractivity contribution >= 4 is 22.8 Å². The predicted molar refractivity (Wildman–Crippen MR) is 107 cm³/mol. The van der Waals surface area contributed by atoms with Gasteiger partial charge in [0, 0.05) is 18.5 Å². The maximum Gasteiger partial charge on any atom is 0.186 e. The van der Waals surface area contributed by atoms with Gasteiger partial charge in [0.2, 0.25) is 0 Å². The van der Waals surface area contributed by atoms with Gasteiger partial charge in [-0.15, -0.1) is 0 Å². The van der Waals surface area contributed by atoms with Crippen molar-refractivity contribution in [1.82, 2.24) is 4.98 Å². The molecule has 0 saturated heterocycles. The number of nitrogens with zero attached hydrogens (tertiary/aromatic N) is 2. The van der Waals surface area contributed by atoms with Gasteiger partial charge >= 0.3 is 0 Å². The van der Waals surface area contributed by atoms with Gasteiger partial charge in [-0.1, -0.05) is 78.6 Å². The van der Waals surface area contributed by atoms with Gasteiger partial charge in [-0.25, -0.2) is 4.98 Å². The lowest BCUT2D eigenvalue weighted by Gasteiger charge is -2.27. The number of aldehydes is 1. The number of rotatable bonds is 11. The van der Waals surface area contributed by atoms with E-state index in [1.54, 1.807) is 11.3 Å². The fraction of sp³-hybridized carbons (Fsp3) is 0.800. The number of carbonyl (C=O) groups excluding carboxylic acids is 1. The zero-order valence-corrected chi connectivity index (χ0v) is 17.3. The van der Waals surface area contributed by atoms with E-state index in [4.69, 9.17) is 4.98 Å². The molecule has 1 rings (SSSR count). The van der Waals surface area contributed by atoms with Gasteiger partial charge in [-0.05, 0) is 18.8 Å². The van der Waals surface area contributed by atoms with Crippen LogP contribution < -0.4 is 4.90 Å². The van der Waals surface area contributed by atoms with Crippen LogP contribution in [-0.4, -0.2) is 24.4 Å². The van der Waals surface area contributed by atoms with Crippen LogP contribution in [0.25, 0.3) is 0 Å². The Kier molecular flexibility index (Phi) is 8.96. The van der Waals surface area contributed by atoms with Crippen molar-refractivity contribution in [2.24, 2.45) is 5.92 Å². The lowest BCUT2D eigenvalue weighted by Crippen LogP contribution is -2.30. The van der Waals surface area contributed by atoms with Gasteiger partial charge in [-0.3, -0.25) is 4.79 Å². The van der Waals surface area contributed by atoms with Crippen molar-refractivity contribution in [3.63, 3.8) is 0 Å². The first-order chi connectivity index (χ1) is 11.4. The zero-order chi connectivity index (χ0) is 18.2. The third-order valence-electron chi connectivity index (χ3n) is 4.53. The van der Waals surface area contributed by atoms with Crippen molar-refractivity contribution < 1.29 is 4.79 Å². The number of thiazole rings is 1. The Morgan fingerprint density at radius 2 is 1.83 bits per heavy atom. The molecule has 0 aliphatic heterocycles. The molecule has 0 bridgehead atoms. The molecule has 0 aromatic carbocycles. The number of hydrogen-bond acceptors (Lipinski definition) is 4. The first-order valence-electron chi connectivity index (χ1n) is 9.58. The quantitative estimate of drug-likeness (QED) is 0.453. The van der Waals surface area contributed by atoms with Crippen LogP contribution in [0.3, 0.4) is 0 Å². The Balaban J connectivity index is 3.02. The van der Waals surface area contributed by atoms with Crippen molar-refractivity contribution in [3.8, 4) is 0 Å². The van der Waals surface area contributed by atoms with E-state index >= 15 is 0 Å². The van der Waals surface area contributed by atoms with Gasteiger partial charge < -0.3 is 4.90 Å². The maximum absolute atomic E-state index is 11.5. The highest BCUT2D eigenvalue weighted by molar-refractivity contribution is 7.17. The van der Waals surface area contributed by atoms with Crippen LogP contribution in [0, 0.1) is 5.92 Å². The predicted octanol–water partition coefficient (Wildman–Crippen LogP) is 6.08. The molecule has 1 aromatic rings. The number of unbranched alkanes of at least 4 members (excludes halogenated alkanes) is 2. The Morgan fingerprint density at radius 3 is 2.29 bits per heavy atom. The summed E-state index contributed by atoms with van der Waals surface area (Å²) in [6, 6.07) is 0. The highest BCUT2D eigenvalue weighted by Crippen LogP contribution is 2.33. The standard InChI is InChI=1S/C20H36N2OS/c1-7-10-12-16(9-3)14-22(13-11-8-2)19-21-18(20(4,5)6)17(15-23)24-19/h15-16H,7-14H2,1-6H3. The molecule has 0 amide bonds. The van der Waals surface area contributed by atoms with Crippen LogP contribution in [0.15, 0.2) is 0 Å². The normalized spacial score (nSPS) is 13.1. The number of hydrogen-bond donors (Lipinski definition) is 0. The summed E-state index contributed by atoms with van der Waals surface area (Å²) in [7, 11) is 0. The summed E-state index contributed by atoms with van der Waals surface area (Å²) in [5, 5.41) is 1.03. The number of aromatic nitrogens is 1. The van der Waals surface area contributed by atoms with Gasteiger partial charge in [-0.2, -0.15) is 0 Å². The SMILES string of the molecule is CCCCC(CC)CN(CCCC)c1nc(C(C)(C)C)c(C=O)s1. The monoisotopic (exact) mass is 352 g/mol. The lowest BCUT2D eigenvalue weighted by molar-refractivity contribution is 0.112. The molecule has 1 unspecified atom stereocenters. The van der Waals surface area contributed by atoms with E-state index in [9.17, 15) is 4.79 Å². The van der Waals surface area contributed by atoms with Crippen molar-refractivity contribution in [3.05, 3.63) is 10.6 Å². The van der Waals surface area contributed by atoms with Gasteiger partial charge in [0.1, 0.15) is 0 Å². The fourth-order valence-corrected chi connectivity index (χ4v) is 4.04. The Hall–Kier alpha value is -0.900. The summed E-state index contributed by atoms with van der Waals surface area (Å²) in [6.45, 7) is 15.3. The largest absolute Gasteiger partial charge is 0.348 e. The van der Waals surface area contributed by atoms with Gasteiger partial charge in [0.25, 0.3) is 0 Å². The van der Waals surface area contributed by atoms with Crippen LogP contribution in [0.5, 0.6) is 0 Å². The molecule has 3 nitrogen and oxygen atoms in total. The summed E-state index contributed by atoms with van der Waals surface area (Å²) < 4.78 is 0. The third-order valence-corrected chi connectivity index (χ3v) is 5.58. The molecule has 0 radical (unpaired) electrons. The minimum atomic E-state index is -0.0895. The maximum atomic E-state index is 11.5. The zero-order valence-electron chi connectivity index (χ0n) is 16.5. The Bertz CT molecular complexity index is 490. The molecular weight excluding hydrogens is 316 g/mol. The number of anilines is 1. The smallest absolute Gasteiger partial charge is 0.186 e.